The van der Waals surface area contributed by atoms with Crippen LogP contribution < -0.4 is 16.6 Å². The first kappa shape index (κ1) is 17.0. The van der Waals surface area contributed by atoms with Crippen molar-refractivity contribution in [1.29, 1.82) is 0 Å². The molecule has 2 aliphatic heterocycles. The molecule has 2 heterocycles. The Hall–Kier alpha value is -0.410. The lowest BCUT2D eigenvalue weighted by atomic mass is 9.79. The smallest absolute Gasteiger partial charge is 0.240 e. The molecule has 0 radical (unpaired) electrons. The van der Waals surface area contributed by atoms with E-state index in [1.54, 1.807) is 0 Å². The van der Waals surface area contributed by atoms with Crippen molar-refractivity contribution >= 4 is 34.4 Å². The largest absolute Gasteiger partial charge is 0.338 e. The van der Waals surface area contributed by atoms with Crippen LogP contribution in [0.25, 0.3) is 0 Å². The van der Waals surface area contributed by atoms with E-state index in [9.17, 15) is 9.59 Å². The molecule has 0 aliphatic carbocycles. The highest BCUT2D eigenvalue weighted by Crippen LogP contribution is 2.36. The van der Waals surface area contributed by atoms with Crippen molar-refractivity contribution in [3.63, 3.8) is 0 Å². The Morgan fingerprint density at radius 1 is 1.33 bits per heavy atom. The average molecular weight is 408 g/mol. The normalized spacial score (nSPS) is 32.3. The van der Waals surface area contributed by atoms with Crippen LogP contribution in [0.1, 0.15) is 40.5 Å². The SMILES string of the molecule is CC1(C)CC(N2CC(C(=O)NN)C(I)C2=O)CC(C)(C)N1. The van der Waals surface area contributed by atoms with Gasteiger partial charge in [0.1, 0.15) is 3.92 Å². The molecular formula is C14H25IN4O2. The van der Waals surface area contributed by atoms with E-state index in [0.717, 1.165) is 12.8 Å². The number of halogens is 1. The fourth-order valence-electron chi connectivity index (χ4n) is 3.87. The Bertz CT molecular complexity index is 436. The van der Waals surface area contributed by atoms with Gasteiger partial charge in [-0.1, -0.05) is 22.6 Å². The van der Waals surface area contributed by atoms with Gasteiger partial charge in [-0.15, -0.1) is 0 Å². The lowest BCUT2D eigenvalue weighted by molar-refractivity contribution is -0.130. The van der Waals surface area contributed by atoms with Crippen LogP contribution in [0, 0.1) is 5.92 Å². The van der Waals surface area contributed by atoms with E-state index >= 15 is 0 Å². The molecule has 7 heteroatoms. The number of likely N-dealkylation sites (tertiary alicyclic amines) is 1. The minimum Gasteiger partial charge on any atom is -0.338 e. The van der Waals surface area contributed by atoms with Gasteiger partial charge in [0.25, 0.3) is 0 Å². The second-order valence-corrected chi connectivity index (χ2v) is 8.80. The standard InChI is InChI=1S/C14H25IN4O2/c1-13(2)5-8(6-14(3,4)18-13)19-7-9(11(20)17-16)10(15)12(19)21/h8-10,18H,5-7,16H2,1-4H3,(H,17,20). The number of nitrogens with one attached hydrogen (secondary N) is 2. The fraction of sp³-hybridized carbons (Fsp3) is 0.857. The summed E-state index contributed by atoms with van der Waals surface area (Å²) in [6.45, 7) is 9.10. The third kappa shape index (κ3) is 3.50. The summed E-state index contributed by atoms with van der Waals surface area (Å²) in [6, 6.07) is 0.164. The Kier molecular flexibility index (Phi) is 4.57. The topological polar surface area (TPSA) is 87.5 Å². The van der Waals surface area contributed by atoms with Crippen molar-refractivity contribution in [3.8, 4) is 0 Å². The molecule has 2 atom stereocenters. The average Bonchev–Trinajstić information content (AvgIpc) is 2.62. The summed E-state index contributed by atoms with van der Waals surface area (Å²) in [5.41, 5.74) is 2.13. The second-order valence-electron chi connectivity index (χ2n) is 7.46. The van der Waals surface area contributed by atoms with Crippen LogP contribution in [0.3, 0.4) is 0 Å². The van der Waals surface area contributed by atoms with Crippen LogP contribution in [-0.2, 0) is 9.59 Å². The van der Waals surface area contributed by atoms with E-state index in [-0.39, 0.29) is 38.8 Å². The summed E-state index contributed by atoms with van der Waals surface area (Å²) < 4.78 is -0.327. The van der Waals surface area contributed by atoms with Crippen LogP contribution in [0.2, 0.25) is 0 Å². The Balaban J connectivity index is 2.18. The second kappa shape index (κ2) is 5.66. The van der Waals surface area contributed by atoms with E-state index in [1.807, 2.05) is 4.90 Å². The van der Waals surface area contributed by atoms with E-state index < -0.39 is 0 Å². The zero-order valence-electron chi connectivity index (χ0n) is 13.1. The van der Waals surface area contributed by atoms with Crippen molar-refractivity contribution in [1.82, 2.24) is 15.6 Å². The summed E-state index contributed by atoms with van der Waals surface area (Å²) in [4.78, 5) is 26.2. The number of alkyl halides is 1. The van der Waals surface area contributed by atoms with Crippen LogP contribution in [0.5, 0.6) is 0 Å². The molecule has 0 aromatic carbocycles. The van der Waals surface area contributed by atoms with Crippen LogP contribution >= 0.6 is 22.6 Å². The highest BCUT2D eigenvalue weighted by Gasteiger charge is 2.48. The number of carbonyl (C=O) groups excluding carboxylic acids is 2. The van der Waals surface area contributed by atoms with Crippen molar-refractivity contribution in [2.75, 3.05) is 6.54 Å². The van der Waals surface area contributed by atoms with Crippen molar-refractivity contribution < 1.29 is 9.59 Å². The number of nitrogens with two attached hydrogens (primary N) is 1. The van der Waals surface area contributed by atoms with Gasteiger partial charge < -0.3 is 10.2 Å². The summed E-state index contributed by atoms with van der Waals surface area (Å²) >= 11 is 2.06. The maximum Gasteiger partial charge on any atom is 0.240 e. The van der Waals surface area contributed by atoms with E-state index in [2.05, 4.69) is 61.0 Å². The monoisotopic (exact) mass is 408 g/mol. The Morgan fingerprint density at radius 3 is 2.33 bits per heavy atom. The predicted molar refractivity (Wildman–Crippen MR) is 89.7 cm³/mol. The number of amides is 2. The third-order valence-corrected chi connectivity index (χ3v) is 5.76. The highest BCUT2D eigenvalue weighted by atomic mass is 127. The molecule has 0 aromatic rings. The first-order chi connectivity index (χ1) is 9.56. The lowest BCUT2D eigenvalue weighted by Crippen LogP contribution is -2.62. The number of carbonyl (C=O) groups is 2. The molecule has 0 aromatic heterocycles. The quantitative estimate of drug-likeness (QED) is 0.205. The van der Waals surface area contributed by atoms with E-state index in [0.29, 0.717) is 6.54 Å². The number of hydrazine groups is 1. The zero-order chi connectivity index (χ0) is 16.0. The lowest BCUT2D eigenvalue weighted by Gasteiger charge is -2.49. The van der Waals surface area contributed by atoms with Crippen molar-refractivity contribution in [2.45, 2.75) is 61.6 Å². The molecule has 6 nitrogen and oxygen atoms in total. The molecule has 2 amide bonds. The molecule has 120 valence electrons. The van der Waals surface area contributed by atoms with Gasteiger partial charge in [-0.2, -0.15) is 0 Å². The molecule has 2 fully saturated rings. The fourth-order valence-corrected chi connectivity index (χ4v) is 4.78. The number of hydrogen-bond acceptors (Lipinski definition) is 4. The molecule has 2 rings (SSSR count). The van der Waals surface area contributed by atoms with Crippen LogP contribution in [0.4, 0.5) is 0 Å². The number of piperidine rings is 1. The highest BCUT2D eigenvalue weighted by molar-refractivity contribution is 14.1. The molecule has 0 bridgehead atoms. The minimum atomic E-state index is -0.357. The number of nitrogens with zero attached hydrogens (tertiary/aromatic N) is 1. The Labute approximate surface area is 139 Å². The van der Waals surface area contributed by atoms with Crippen LogP contribution in [-0.4, -0.2) is 44.3 Å². The van der Waals surface area contributed by atoms with Gasteiger partial charge in [0, 0.05) is 23.7 Å². The summed E-state index contributed by atoms with van der Waals surface area (Å²) in [5.74, 6) is 4.68. The van der Waals surface area contributed by atoms with E-state index in [4.69, 9.17) is 5.84 Å². The molecule has 2 unspecified atom stereocenters. The third-order valence-electron chi connectivity index (χ3n) is 4.35. The molecule has 4 N–H and O–H groups in total. The summed E-state index contributed by atoms with van der Waals surface area (Å²) in [7, 11) is 0. The summed E-state index contributed by atoms with van der Waals surface area (Å²) in [5, 5.41) is 3.62. The number of rotatable bonds is 2. The Morgan fingerprint density at radius 2 is 1.86 bits per heavy atom. The first-order valence-electron chi connectivity index (χ1n) is 7.31. The van der Waals surface area contributed by atoms with Gasteiger partial charge in [0.15, 0.2) is 0 Å². The maximum atomic E-state index is 12.5. The molecule has 2 aliphatic rings. The van der Waals surface area contributed by atoms with E-state index in [1.165, 1.54) is 0 Å². The summed E-state index contributed by atoms with van der Waals surface area (Å²) in [6.07, 6.45) is 1.78. The molecule has 0 saturated carbocycles. The van der Waals surface area contributed by atoms with Gasteiger partial charge in [0.2, 0.25) is 11.8 Å². The van der Waals surface area contributed by atoms with Crippen LogP contribution in [0.15, 0.2) is 0 Å². The zero-order valence-corrected chi connectivity index (χ0v) is 15.2. The van der Waals surface area contributed by atoms with Gasteiger partial charge in [-0.25, -0.2) is 5.84 Å². The van der Waals surface area contributed by atoms with Gasteiger partial charge in [0.05, 0.1) is 5.92 Å². The van der Waals surface area contributed by atoms with Crippen molar-refractivity contribution in [3.05, 3.63) is 0 Å². The van der Waals surface area contributed by atoms with Gasteiger partial charge >= 0.3 is 0 Å². The predicted octanol–water partition coefficient (Wildman–Crippen LogP) is 0.548. The van der Waals surface area contributed by atoms with Gasteiger partial charge in [-0.05, 0) is 40.5 Å². The maximum absolute atomic E-state index is 12.5. The first-order valence-corrected chi connectivity index (χ1v) is 8.55. The molecular weight excluding hydrogens is 383 g/mol. The molecule has 21 heavy (non-hydrogen) atoms. The number of hydrogen-bond donors (Lipinski definition) is 3. The van der Waals surface area contributed by atoms with Gasteiger partial charge in [-0.3, -0.25) is 15.0 Å². The minimum absolute atomic E-state index is 0.0261. The van der Waals surface area contributed by atoms with Crippen molar-refractivity contribution in [2.24, 2.45) is 11.8 Å². The molecule has 0 spiro atoms. The molecule has 2 saturated heterocycles.